The number of aromatic nitrogens is 1. The van der Waals surface area contributed by atoms with Crippen molar-refractivity contribution in [2.45, 2.75) is 19.8 Å². The molecule has 0 aliphatic rings. The number of benzene rings is 2. The first-order valence-electron chi connectivity index (χ1n) is 8.53. The van der Waals surface area contributed by atoms with Crippen LogP contribution in [0, 0.1) is 6.92 Å². The number of carbonyl (C=O) groups is 1. The van der Waals surface area contributed by atoms with E-state index in [4.69, 9.17) is 11.6 Å². The highest BCUT2D eigenvalue weighted by Gasteiger charge is 2.12. The number of fused-ring (bicyclic) bond motifs is 1. The number of amides is 1. The zero-order chi connectivity index (χ0) is 18.4. The van der Waals surface area contributed by atoms with Crippen LogP contribution in [0.5, 0.6) is 0 Å². The Balaban J connectivity index is 1.89. The Kier molecular flexibility index (Phi) is 5.97. The molecular weight excluding hydrogens is 346 g/mol. The van der Waals surface area contributed by atoms with Gasteiger partial charge in [-0.1, -0.05) is 48.5 Å². The molecule has 2 aromatic carbocycles. The Hall–Kier alpha value is -2.72. The number of hydrogen-bond acceptors (Lipinski definition) is 3. The molecule has 0 aliphatic carbocycles. The van der Waals surface area contributed by atoms with Gasteiger partial charge in [-0.25, -0.2) is 5.43 Å². The van der Waals surface area contributed by atoms with Gasteiger partial charge in [0.25, 0.3) is 5.91 Å². The molecule has 26 heavy (non-hydrogen) atoms. The zero-order valence-electron chi connectivity index (χ0n) is 14.6. The van der Waals surface area contributed by atoms with Gasteiger partial charge in [0.2, 0.25) is 0 Å². The maximum absolute atomic E-state index is 12.7. The van der Waals surface area contributed by atoms with E-state index in [0.717, 1.165) is 34.3 Å². The Morgan fingerprint density at radius 1 is 1.12 bits per heavy atom. The first-order valence-corrected chi connectivity index (χ1v) is 9.07. The Morgan fingerprint density at radius 3 is 2.62 bits per heavy atom. The van der Waals surface area contributed by atoms with E-state index in [1.807, 2.05) is 61.5 Å². The maximum atomic E-state index is 12.7. The lowest BCUT2D eigenvalue weighted by Crippen LogP contribution is -2.21. The number of nitrogens with zero attached hydrogens (tertiary/aromatic N) is 2. The van der Waals surface area contributed by atoms with Crippen LogP contribution < -0.4 is 5.43 Å². The van der Waals surface area contributed by atoms with Gasteiger partial charge in [-0.3, -0.25) is 9.78 Å². The van der Waals surface area contributed by atoms with Crippen LogP contribution >= 0.6 is 11.6 Å². The van der Waals surface area contributed by atoms with Crippen LogP contribution in [0.25, 0.3) is 10.9 Å². The maximum Gasteiger partial charge on any atom is 0.272 e. The average Bonchev–Trinajstić information content (AvgIpc) is 2.68. The molecule has 1 aromatic heterocycles. The smallest absolute Gasteiger partial charge is 0.267 e. The van der Waals surface area contributed by atoms with Crippen molar-refractivity contribution in [2.24, 2.45) is 5.10 Å². The largest absolute Gasteiger partial charge is 0.272 e. The van der Waals surface area contributed by atoms with Crippen molar-refractivity contribution >= 4 is 34.1 Å². The molecule has 0 spiro atoms. The SMILES string of the molecule is Cc1cc(C(=O)N/N=C(/CCCCl)c2ccccc2)c2ccccc2n1. The quantitative estimate of drug-likeness (QED) is 0.391. The minimum atomic E-state index is -0.244. The molecule has 3 aromatic rings. The van der Waals surface area contributed by atoms with Gasteiger partial charge in [-0.15, -0.1) is 11.6 Å². The van der Waals surface area contributed by atoms with Gasteiger partial charge in [0.05, 0.1) is 16.8 Å². The molecule has 0 atom stereocenters. The van der Waals surface area contributed by atoms with Crippen LogP contribution in [0.3, 0.4) is 0 Å². The van der Waals surface area contributed by atoms with Crippen molar-refractivity contribution in [3.63, 3.8) is 0 Å². The van der Waals surface area contributed by atoms with Crippen LogP contribution in [-0.4, -0.2) is 22.5 Å². The van der Waals surface area contributed by atoms with E-state index in [-0.39, 0.29) is 5.91 Å². The second-order valence-corrected chi connectivity index (χ2v) is 6.36. The Labute approximate surface area is 157 Å². The fourth-order valence-electron chi connectivity index (χ4n) is 2.80. The van der Waals surface area contributed by atoms with Crippen molar-refractivity contribution in [2.75, 3.05) is 5.88 Å². The molecule has 5 heteroatoms. The van der Waals surface area contributed by atoms with Gasteiger partial charge < -0.3 is 0 Å². The number of halogens is 1. The molecule has 1 heterocycles. The van der Waals surface area contributed by atoms with Gasteiger partial charge in [-0.2, -0.15) is 5.10 Å². The molecule has 1 amide bonds. The minimum Gasteiger partial charge on any atom is -0.267 e. The molecule has 0 fully saturated rings. The summed E-state index contributed by atoms with van der Waals surface area (Å²) < 4.78 is 0. The van der Waals surface area contributed by atoms with E-state index in [2.05, 4.69) is 15.5 Å². The predicted molar refractivity (Wildman–Crippen MR) is 107 cm³/mol. The zero-order valence-corrected chi connectivity index (χ0v) is 15.3. The molecule has 4 nitrogen and oxygen atoms in total. The van der Waals surface area contributed by atoms with Crippen molar-refractivity contribution in [1.29, 1.82) is 0 Å². The second kappa shape index (κ2) is 8.59. The van der Waals surface area contributed by atoms with E-state index < -0.39 is 0 Å². The molecule has 3 rings (SSSR count). The molecule has 1 N–H and O–H groups in total. The summed E-state index contributed by atoms with van der Waals surface area (Å²) in [4.78, 5) is 17.2. The Bertz CT molecular complexity index is 938. The van der Waals surface area contributed by atoms with Gasteiger partial charge in [0.15, 0.2) is 0 Å². The third-order valence-electron chi connectivity index (χ3n) is 4.04. The van der Waals surface area contributed by atoms with Gasteiger partial charge >= 0.3 is 0 Å². The summed E-state index contributed by atoms with van der Waals surface area (Å²) in [5, 5.41) is 5.20. The second-order valence-electron chi connectivity index (χ2n) is 5.99. The van der Waals surface area contributed by atoms with Crippen molar-refractivity contribution in [3.8, 4) is 0 Å². The third-order valence-corrected chi connectivity index (χ3v) is 4.30. The van der Waals surface area contributed by atoms with Crippen molar-refractivity contribution in [1.82, 2.24) is 10.4 Å². The monoisotopic (exact) mass is 365 g/mol. The number of hydrogen-bond donors (Lipinski definition) is 1. The first-order chi connectivity index (χ1) is 12.7. The van der Waals surface area contributed by atoms with E-state index in [0.29, 0.717) is 17.9 Å². The van der Waals surface area contributed by atoms with Crippen LogP contribution in [0.4, 0.5) is 0 Å². The topological polar surface area (TPSA) is 54.4 Å². The summed E-state index contributed by atoms with van der Waals surface area (Å²) in [5.74, 6) is 0.305. The number of aryl methyl sites for hydroxylation is 1. The fourth-order valence-corrected chi connectivity index (χ4v) is 2.94. The average molecular weight is 366 g/mol. The summed E-state index contributed by atoms with van der Waals surface area (Å²) in [5.41, 5.74) is 6.66. The van der Waals surface area contributed by atoms with Crippen LogP contribution in [0.1, 0.15) is 34.5 Å². The van der Waals surface area contributed by atoms with Crippen LogP contribution in [0.2, 0.25) is 0 Å². The van der Waals surface area contributed by atoms with Gasteiger partial charge in [0, 0.05) is 17.0 Å². The number of alkyl halides is 1. The van der Waals surface area contributed by atoms with Gasteiger partial charge in [0.1, 0.15) is 0 Å². The molecule has 0 radical (unpaired) electrons. The van der Waals surface area contributed by atoms with E-state index >= 15 is 0 Å². The minimum absolute atomic E-state index is 0.244. The molecule has 0 saturated heterocycles. The fraction of sp³-hybridized carbons (Fsp3) is 0.190. The molecule has 0 aliphatic heterocycles. The number of nitrogens with one attached hydrogen (secondary N) is 1. The third kappa shape index (κ3) is 4.27. The lowest BCUT2D eigenvalue weighted by atomic mass is 10.1. The summed E-state index contributed by atoms with van der Waals surface area (Å²) in [6, 6.07) is 19.2. The first kappa shape index (κ1) is 18.1. The molecule has 132 valence electrons. The van der Waals surface area contributed by atoms with E-state index in [1.54, 1.807) is 6.07 Å². The summed E-state index contributed by atoms with van der Waals surface area (Å²) in [7, 11) is 0. The highest BCUT2D eigenvalue weighted by molar-refractivity contribution is 6.18. The van der Waals surface area contributed by atoms with Crippen molar-refractivity contribution in [3.05, 3.63) is 77.5 Å². The number of pyridine rings is 1. The number of rotatable bonds is 6. The summed E-state index contributed by atoms with van der Waals surface area (Å²) in [6.45, 7) is 1.88. The highest BCUT2D eigenvalue weighted by atomic mass is 35.5. The number of para-hydroxylation sites is 1. The van der Waals surface area contributed by atoms with Crippen molar-refractivity contribution < 1.29 is 4.79 Å². The summed E-state index contributed by atoms with van der Waals surface area (Å²) in [6.07, 6.45) is 1.49. The molecule has 0 unspecified atom stereocenters. The number of hydrazone groups is 1. The van der Waals surface area contributed by atoms with E-state index in [9.17, 15) is 4.79 Å². The predicted octanol–water partition coefficient (Wildman–Crippen LogP) is 4.70. The molecule has 0 bridgehead atoms. The van der Waals surface area contributed by atoms with E-state index in [1.165, 1.54) is 0 Å². The lowest BCUT2D eigenvalue weighted by Gasteiger charge is -2.09. The number of carbonyl (C=O) groups excluding carboxylic acids is 1. The van der Waals surface area contributed by atoms with Crippen LogP contribution in [-0.2, 0) is 0 Å². The molecule has 0 saturated carbocycles. The highest BCUT2D eigenvalue weighted by Crippen LogP contribution is 2.18. The summed E-state index contributed by atoms with van der Waals surface area (Å²) >= 11 is 5.83. The van der Waals surface area contributed by atoms with Gasteiger partial charge in [-0.05, 0) is 37.5 Å². The normalized spacial score (nSPS) is 11.5. The standard InChI is InChI=1S/C21H20ClN3O/c1-15-14-18(17-10-5-6-11-20(17)23-15)21(26)25-24-19(12-7-13-22)16-8-3-2-4-9-16/h2-6,8-11,14H,7,12-13H2,1H3,(H,25,26)/b24-19-. The molecular formula is C21H20ClN3O. The Morgan fingerprint density at radius 2 is 1.85 bits per heavy atom. The lowest BCUT2D eigenvalue weighted by molar-refractivity contribution is 0.0956. The van der Waals surface area contributed by atoms with Crippen LogP contribution in [0.15, 0.2) is 65.8 Å².